The molecule has 0 bridgehead atoms. The van der Waals surface area contributed by atoms with Crippen LogP contribution in [0.25, 0.3) is 0 Å². The standard InChI is InChI=1S/C15H22N2O3/c18-13-4-3-11(14(19)15(13)20)12(9-10-1-2-10)17-7-5-16-6-8-17/h3-4,10,12,16,18-20H,1-2,5-9H2/t12-/m0/s1. The van der Waals surface area contributed by atoms with Crippen LogP contribution in [0.15, 0.2) is 12.1 Å². The molecule has 0 amide bonds. The predicted molar refractivity (Wildman–Crippen MR) is 76.0 cm³/mol. The van der Waals surface area contributed by atoms with Gasteiger partial charge in [0.05, 0.1) is 0 Å². The molecule has 4 N–H and O–H groups in total. The summed E-state index contributed by atoms with van der Waals surface area (Å²) in [5, 5.41) is 32.7. The van der Waals surface area contributed by atoms with Crippen LogP contribution in [0.1, 0.15) is 30.9 Å². The van der Waals surface area contributed by atoms with Crippen LogP contribution < -0.4 is 5.32 Å². The van der Waals surface area contributed by atoms with Gasteiger partial charge in [-0.3, -0.25) is 4.90 Å². The molecule has 0 spiro atoms. The number of benzene rings is 1. The maximum atomic E-state index is 10.2. The van der Waals surface area contributed by atoms with E-state index in [0.29, 0.717) is 0 Å². The highest BCUT2D eigenvalue weighted by atomic mass is 16.3. The molecule has 0 radical (unpaired) electrons. The predicted octanol–water partition coefficient (Wildman–Crippen LogP) is 1.55. The van der Waals surface area contributed by atoms with Crippen LogP contribution in [0, 0.1) is 5.92 Å². The Hall–Kier alpha value is -1.46. The van der Waals surface area contributed by atoms with Gasteiger partial charge in [0, 0.05) is 37.8 Å². The van der Waals surface area contributed by atoms with Gasteiger partial charge in [-0.2, -0.15) is 0 Å². The first-order valence-electron chi connectivity index (χ1n) is 7.35. The van der Waals surface area contributed by atoms with Gasteiger partial charge < -0.3 is 20.6 Å². The fraction of sp³-hybridized carbons (Fsp3) is 0.600. The van der Waals surface area contributed by atoms with Gasteiger partial charge in [-0.05, 0) is 24.5 Å². The largest absolute Gasteiger partial charge is 0.504 e. The third kappa shape index (κ3) is 2.69. The van der Waals surface area contributed by atoms with Gasteiger partial charge in [-0.1, -0.05) is 12.8 Å². The highest BCUT2D eigenvalue weighted by Crippen LogP contribution is 2.46. The molecule has 2 fully saturated rings. The van der Waals surface area contributed by atoms with Gasteiger partial charge in [0.2, 0.25) is 5.75 Å². The minimum atomic E-state index is -0.404. The first kappa shape index (κ1) is 13.5. The van der Waals surface area contributed by atoms with Crippen molar-refractivity contribution < 1.29 is 15.3 Å². The van der Waals surface area contributed by atoms with Crippen molar-refractivity contribution in [3.05, 3.63) is 17.7 Å². The summed E-state index contributed by atoms with van der Waals surface area (Å²) in [6, 6.07) is 3.32. The van der Waals surface area contributed by atoms with Crippen molar-refractivity contribution in [2.75, 3.05) is 26.2 Å². The molecular formula is C15H22N2O3. The molecule has 1 aromatic carbocycles. The third-order valence-electron chi connectivity index (χ3n) is 4.37. The minimum absolute atomic E-state index is 0.121. The maximum absolute atomic E-state index is 10.2. The number of nitrogens with one attached hydrogen (secondary N) is 1. The zero-order valence-corrected chi connectivity index (χ0v) is 11.5. The Kier molecular flexibility index (Phi) is 3.72. The summed E-state index contributed by atoms with van der Waals surface area (Å²) in [5.41, 5.74) is 0.731. The summed E-state index contributed by atoms with van der Waals surface area (Å²) in [4.78, 5) is 2.36. The van der Waals surface area contributed by atoms with E-state index < -0.39 is 5.75 Å². The van der Waals surface area contributed by atoms with Crippen molar-refractivity contribution >= 4 is 0 Å². The van der Waals surface area contributed by atoms with Crippen LogP contribution in [0.2, 0.25) is 0 Å². The molecule has 1 aromatic rings. The maximum Gasteiger partial charge on any atom is 0.200 e. The second-order valence-corrected chi connectivity index (χ2v) is 5.85. The first-order chi connectivity index (χ1) is 9.66. The van der Waals surface area contributed by atoms with Crippen molar-refractivity contribution in [3.63, 3.8) is 0 Å². The molecule has 1 atom stereocenters. The van der Waals surface area contributed by atoms with E-state index >= 15 is 0 Å². The van der Waals surface area contributed by atoms with Crippen LogP contribution in [-0.2, 0) is 0 Å². The second-order valence-electron chi connectivity index (χ2n) is 5.85. The van der Waals surface area contributed by atoms with Gasteiger partial charge >= 0.3 is 0 Å². The lowest BCUT2D eigenvalue weighted by atomic mass is 9.97. The van der Waals surface area contributed by atoms with Crippen molar-refractivity contribution in [1.82, 2.24) is 10.2 Å². The molecule has 0 aromatic heterocycles. The summed E-state index contributed by atoms with van der Waals surface area (Å²) in [6.07, 6.45) is 3.53. The van der Waals surface area contributed by atoms with E-state index in [1.54, 1.807) is 6.07 Å². The SMILES string of the molecule is Oc1ccc([C@H](CC2CC2)N2CCNCC2)c(O)c1O. The number of piperazine rings is 1. The van der Waals surface area contributed by atoms with Crippen LogP contribution in [0.5, 0.6) is 17.2 Å². The monoisotopic (exact) mass is 278 g/mol. The molecule has 110 valence electrons. The van der Waals surface area contributed by atoms with Crippen LogP contribution >= 0.6 is 0 Å². The average Bonchev–Trinajstić information content (AvgIpc) is 3.28. The fourth-order valence-electron chi connectivity index (χ4n) is 2.99. The zero-order valence-electron chi connectivity index (χ0n) is 11.5. The van der Waals surface area contributed by atoms with Gasteiger partial charge in [0.1, 0.15) is 0 Å². The lowest BCUT2D eigenvalue weighted by Crippen LogP contribution is -2.45. The average molecular weight is 278 g/mol. The van der Waals surface area contributed by atoms with Crippen molar-refractivity contribution in [3.8, 4) is 17.2 Å². The van der Waals surface area contributed by atoms with E-state index in [-0.39, 0.29) is 17.5 Å². The number of rotatable bonds is 4. The van der Waals surface area contributed by atoms with Crippen LogP contribution in [0.4, 0.5) is 0 Å². The summed E-state index contributed by atoms with van der Waals surface area (Å²) in [7, 11) is 0. The number of phenols is 3. The zero-order chi connectivity index (χ0) is 14.1. The summed E-state index contributed by atoms with van der Waals surface area (Å²) in [5.74, 6) is -0.116. The smallest absolute Gasteiger partial charge is 0.200 e. The molecule has 3 rings (SSSR count). The Bertz CT molecular complexity index is 482. The third-order valence-corrected chi connectivity index (χ3v) is 4.37. The summed E-state index contributed by atoms with van der Waals surface area (Å²) >= 11 is 0. The number of hydrogen-bond acceptors (Lipinski definition) is 5. The highest BCUT2D eigenvalue weighted by molar-refractivity contribution is 5.54. The molecule has 5 nitrogen and oxygen atoms in total. The number of hydrogen-bond donors (Lipinski definition) is 4. The Morgan fingerprint density at radius 2 is 1.80 bits per heavy atom. The number of aromatic hydroxyl groups is 3. The van der Waals surface area contributed by atoms with E-state index in [9.17, 15) is 15.3 Å². The molecule has 5 heteroatoms. The topological polar surface area (TPSA) is 76.0 Å². The highest BCUT2D eigenvalue weighted by Gasteiger charge is 2.32. The molecule has 20 heavy (non-hydrogen) atoms. The molecule has 1 saturated carbocycles. The molecule has 0 unspecified atom stereocenters. The molecule has 1 aliphatic heterocycles. The van der Waals surface area contributed by atoms with Crippen molar-refractivity contribution in [1.29, 1.82) is 0 Å². The number of nitrogens with zero attached hydrogens (tertiary/aromatic N) is 1. The summed E-state index contributed by atoms with van der Waals surface area (Å²) < 4.78 is 0. The van der Waals surface area contributed by atoms with Crippen LogP contribution in [0.3, 0.4) is 0 Å². The molecule has 1 aliphatic carbocycles. The Morgan fingerprint density at radius 1 is 1.10 bits per heavy atom. The Morgan fingerprint density at radius 3 is 2.45 bits per heavy atom. The summed E-state index contributed by atoms with van der Waals surface area (Å²) in [6.45, 7) is 3.79. The van der Waals surface area contributed by atoms with Crippen LogP contribution in [-0.4, -0.2) is 46.4 Å². The van der Waals surface area contributed by atoms with Gasteiger partial charge in [-0.25, -0.2) is 0 Å². The van der Waals surface area contributed by atoms with Gasteiger partial charge in [0.15, 0.2) is 11.5 Å². The van der Waals surface area contributed by atoms with E-state index in [2.05, 4.69) is 10.2 Å². The normalized spacial score (nSPS) is 21.8. The van der Waals surface area contributed by atoms with Crippen molar-refractivity contribution in [2.24, 2.45) is 5.92 Å². The fourth-order valence-corrected chi connectivity index (χ4v) is 2.99. The lowest BCUT2D eigenvalue weighted by Gasteiger charge is -2.35. The van der Waals surface area contributed by atoms with E-state index in [0.717, 1.165) is 44.1 Å². The van der Waals surface area contributed by atoms with Crippen molar-refractivity contribution in [2.45, 2.75) is 25.3 Å². The molecule has 2 aliphatic rings. The molecule has 1 saturated heterocycles. The second kappa shape index (κ2) is 5.50. The van der Waals surface area contributed by atoms with E-state index in [4.69, 9.17) is 0 Å². The molecule has 1 heterocycles. The minimum Gasteiger partial charge on any atom is -0.504 e. The number of phenolic OH excluding ortho intramolecular Hbond substituents is 3. The quantitative estimate of drug-likeness (QED) is 0.629. The Balaban J connectivity index is 1.89. The van der Waals surface area contributed by atoms with E-state index in [1.807, 2.05) is 0 Å². The first-order valence-corrected chi connectivity index (χ1v) is 7.35. The van der Waals surface area contributed by atoms with E-state index in [1.165, 1.54) is 18.9 Å². The molecular weight excluding hydrogens is 256 g/mol. The van der Waals surface area contributed by atoms with Gasteiger partial charge in [0.25, 0.3) is 0 Å². The Labute approximate surface area is 118 Å². The van der Waals surface area contributed by atoms with Gasteiger partial charge in [-0.15, -0.1) is 0 Å². The lowest BCUT2D eigenvalue weighted by molar-refractivity contribution is 0.157.